The van der Waals surface area contributed by atoms with Crippen molar-refractivity contribution < 1.29 is 13.6 Å². The fraction of sp³-hybridized carbons (Fsp3) is 1.00. The zero-order valence-corrected chi connectivity index (χ0v) is 7.72. The monoisotopic (exact) mass is 164 g/mol. The molecule has 60 valence electrons. The highest BCUT2D eigenvalue weighted by Crippen LogP contribution is 2.50. The largest absolute Gasteiger partial charge is 0.320 e. The maximum atomic E-state index is 10.8. The molecule has 1 aliphatic rings. The van der Waals surface area contributed by atoms with Crippen LogP contribution in [-0.2, 0) is 13.6 Å². The summed E-state index contributed by atoms with van der Waals surface area (Å²) in [4.78, 5) is 0. The van der Waals surface area contributed by atoms with E-state index in [0.717, 1.165) is 0 Å². The summed E-state index contributed by atoms with van der Waals surface area (Å²) < 4.78 is 21.0. The Hall–Kier alpha value is 0.150. The molecule has 0 aliphatic carbocycles. The minimum Gasteiger partial charge on any atom is -0.301 e. The standard InChI is InChI=1S/C6H13O3P/c1-5(2)6(3,4)9-10(7)8-5/h10H,1-4H3. The summed E-state index contributed by atoms with van der Waals surface area (Å²) in [6.07, 6.45) is 0. The second kappa shape index (κ2) is 2.07. The summed E-state index contributed by atoms with van der Waals surface area (Å²) >= 11 is 0. The van der Waals surface area contributed by atoms with Gasteiger partial charge in [-0.05, 0) is 27.7 Å². The van der Waals surface area contributed by atoms with Gasteiger partial charge in [0.15, 0.2) is 0 Å². The van der Waals surface area contributed by atoms with Crippen LogP contribution in [0.3, 0.4) is 0 Å². The van der Waals surface area contributed by atoms with E-state index in [0.29, 0.717) is 0 Å². The van der Waals surface area contributed by atoms with Gasteiger partial charge in [0, 0.05) is 0 Å². The van der Waals surface area contributed by atoms with Gasteiger partial charge in [0.05, 0.1) is 0 Å². The predicted octanol–water partition coefficient (Wildman–Crippen LogP) is 1.98. The van der Waals surface area contributed by atoms with Crippen molar-refractivity contribution in [3.05, 3.63) is 0 Å². The fourth-order valence-corrected chi connectivity index (χ4v) is 2.05. The lowest BCUT2D eigenvalue weighted by atomic mass is 9.90. The summed E-state index contributed by atoms with van der Waals surface area (Å²) in [6, 6.07) is 0. The van der Waals surface area contributed by atoms with Crippen LogP contribution in [0.15, 0.2) is 0 Å². The Bertz CT molecular complexity index is 156. The minimum absolute atomic E-state index is 0.428. The molecule has 0 unspecified atom stereocenters. The van der Waals surface area contributed by atoms with E-state index in [1.54, 1.807) is 0 Å². The Morgan fingerprint density at radius 3 is 1.40 bits per heavy atom. The van der Waals surface area contributed by atoms with Crippen molar-refractivity contribution in [3.8, 4) is 0 Å². The molecule has 1 rings (SSSR count). The SMILES string of the molecule is CC1(C)O[PH](=O)OC1(C)C. The molecule has 0 aromatic rings. The molecule has 3 nitrogen and oxygen atoms in total. The van der Waals surface area contributed by atoms with E-state index in [9.17, 15) is 4.57 Å². The van der Waals surface area contributed by atoms with Crippen LogP contribution in [0.2, 0.25) is 0 Å². The average Bonchev–Trinajstić information content (AvgIpc) is 1.73. The number of hydrogen-bond acceptors (Lipinski definition) is 3. The summed E-state index contributed by atoms with van der Waals surface area (Å²) in [7, 11) is -2.22. The predicted molar refractivity (Wildman–Crippen MR) is 39.3 cm³/mol. The normalized spacial score (nSPS) is 30.8. The fourth-order valence-electron chi connectivity index (χ4n) is 0.683. The van der Waals surface area contributed by atoms with Crippen molar-refractivity contribution in [2.45, 2.75) is 38.9 Å². The Balaban J connectivity index is 2.88. The van der Waals surface area contributed by atoms with Crippen molar-refractivity contribution in [1.29, 1.82) is 0 Å². The maximum absolute atomic E-state index is 10.8. The van der Waals surface area contributed by atoms with Crippen molar-refractivity contribution >= 4 is 8.25 Å². The smallest absolute Gasteiger partial charge is 0.301 e. The van der Waals surface area contributed by atoms with Gasteiger partial charge in [0.2, 0.25) is 0 Å². The van der Waals surface area contributed by atoms with Crippen LogP contribution in [0, 0.1) is 0 Å². The first-order chi connectivity index (χ1) is 4.35. The van der Waals surface area contributed by atoms with Crippen molar-refractivity contribution in [2.24, 2.45) is 0 Å². The summed E-state index contributed by atoms with van der Waals surface area (Å²) in [5.41, 5.74) is -0.855. The van der Waals surface area contributed by atoms with E-state index >= 15 is 0 Å². The molecule has 4 heteroatoms. The lowest BCUT2D eigenvalue weighted by molar-refractivity contribution is 0.00578. The van der Waals surface area contributed by atoms with Crippen LogP contribution in [0.25, 0.3) is 0 Å². The van der Waals surface area contributed by atoms with E-state index in [1.165, 1.54) is 0 Å². The molecule has 0 amide bonds. The van der Waals surface area contributed by atoms with Gasteiger partial charge in [-0.2, -0.15) is 0 Å². The van der Waals surface area contributed by atoms with Crippen molar-refractivity contribution in [1.82, 2.24) is 0 Å². The number of rotatable bonds is 0. The summed E-state index contributed by atoms with van der Waals surface area (Å²) in [6.45, 7) is 7.51. The molecule has 1 fully saturated rings. The van der Waals surface area contributed by atoms with E-state index < -0.39 is 19.5 Å². The molecule has 0 atom stereocenters. The average molecular weight is 164 g/mol. The first kappa shape index (κ1) is 8.25. The lowest BCUT2D eigenvalue weighted by Crippen LogP contribution is -2.41. The molecule has 1 aliphatic heterocycles. The molecular weight excluding hydrogens is 151 g/mol. The van der Waals surface area contributed by atoms with E-state index in [-0.39, 0.29) is 0 Å². The molecule has 0 saturated carbocycles. The highest BCUT2D eigenvalue weighted by atomic mass is 31.1. The second-order valence-electron chi connectivity index (χ2n) is 3.47. The van der Waals surface area contributed by atoms with E-state index in [1.807, 2.05) is 27.7 Å². The van der Waals surface area contributed by atoms with Gasteiger partial charge in [0.25, 0.3) is 0 Å². The van der Waals surface area contributed by atoms with Crippen LogP contribution in [-0.4, -0.2) is 11.2 Å². The first-order valence-electron chi connectivity index (χ1n) is 3.27. The van der Waals surface area contributed by atoms with Crippen LogP contribution in [0.5, 0.6) is 0 Å². The van der Waals surface area contributed by atoms with Gasteiger partial charge >= 0.3 is 8.25 Å². The zero-order chi connectivity index (χ0) is 7.99. The quantitative estimate of drug-likeness (QED) is 0.513. The van der Waals surface area contributed by atoms with Crippen LogP contribution in [0.4, 0.5) is 0 Å². The minimum atomic E-state index is -2.22. The Kier molecular flexibility index (Phi) is 1.70. The molecular formula is C6H13O3P. The van der Waals surface area contributed by atoms with Gasteiger partial charge in [-0.25, -0.2) is 0 Å². The van der Waals surface area contributed by atoms with Gasteiger partial charge in [-0.3, -0.25) is 4.57 Å². The van der Waals surface area contributed by atoms with Crippen molar-refractivity contribution in [3.63, 3.8) is 0 Å². The maximum Gasteiger partial charge on any atom is 0.320 e. The molecule has 1 saturated heterocycles. The molecule has 10 heavy (non-hydrogen) atoms. The third-order valence-corrected chi connectivity index (χ3v) is 3.48. The van der Waals surface area contributed by atoms with Gasteiger partial charge in [-0.15, -0.1) is 0 Å². The Labute approximate surface area is 61.7 Å². The van der Waals surface area contributed by atoms with E-state index in [2.05, 4.69) is 0 Å². The van der Waals surface area contributed by atoms with Crippen LogP contribution < -0.4 is 0 Å². The topological polar surface area (TPSA) is 35.5 Å². The third-order valence-electron chi connectivity index (χ3n) is 2.13. The van der Waals surface area contributed by atoms with Gasteiger partial charge < -0.3 is 9.05 Å². The van der Waals surface area contributed by atoms with Crippen molar-refractivity contribution in [2.75, 3.05) is 0 Å². The third kappa shape index (κ3) is 1.14. The van der Waals surface area contributed by atoms with Gasteiger partial charge in [0.1, 0.15) is 11.2 Å². The van der Waals surface area contributed by atoms with Gasteiger partial charge in [-0.1, -0.05) is 0 Å². The highest BCUT2D eigenvalue weighted by molar-refractivity contribution is 7.33. The second-order valence-corrected chi connectivity index (χ2v) is 4.38. The molecule has 0 radical (unpaired) electrons. The summed E-state index contributed by atoms with van der Waals surface area (Å²) in [5, 5.41) is 0. The van der Waals surface area contributed by atoms with E-state index in [4.69, 9.17) is 9.05 Å². The van der Waals surface area contributed by atoms with Crippen LogP contribution >= 0.6 is 8.25 Å². The Morgan fingerprint density at radius 1 is 1.00 bits per heavy atom. The molecule has 0 N–H and O–H groups in total. The molecule has 0 aromatic carbocycles. The molecule has 0 bridgehead atoms. The Morgan fingerprint density at radius 2 is 1.30 bits per heavy atom. The number of hydrogen-bond donors (Lipinski definition) is 0. The zero-order valence-electron chi connectivity index (χ0n) is 6.72. The molecule has 1 heterocycles. The summed E-state index contributed by atoms with van der Waals surface area (Å²) in [5.74, 6) is 0. The highest BCUT2D eigenvalue weighted by Gasteiger charge is 2.47. The molecule has 0 aromatic heterocycles. The lowest BCUT2D eigenvalue weighted by Gasteiger charge is -2.29. The molecule has 0 spiro atoms. The van der Waals surface area contributed by atoms with Crippen LogP contribution in [0.1, 0.15) is 27.7 Å². The first-order valence-corrected chi connectivity index (χ1v) is 4.50.